The maximum atomic E-state index is 13.5. The molecule has 2 aromatic rings. The zero-order valence-corrected chi connectivity index (χ0v) is 22.7. The summed E-state index contributed by atoms with van der Waals surface area (Å²) in [7, 11) is -2.50. The molecule has 2 rings (SSSR count). The number of nitrogens with zero attached hydrogens (tertiary/aromatic N) is 2. The number of amides is 2. The summed E-state index contributed by atoms with van der Waals surface area (Å²) in [6.45, 7) is 3.61. The number of anilines is 1. The normalized spacial score (nSPS) is 12.1. The summed E-state index contributed by atoms with van der Waals surface area (Å²) in [4.78, 5) is 27.6. The Bertz CT molecular complexity index is 1110. The fourth-order valence-corrected chi connectivity index (χ4v) is 4.49. The number of carbonyl (C=O) groups excluding carboxylic acids is 2. The molecule has 2 amide bonds. The number of nitrogens with one attached hydrogen (secondary N) is 1. The molecule has 1 atom stereocenters. The van der Waals surface area contributed by atoms with Crippen LogP contribution in [0.1, 0.15) is 25.8 Å². The van der Waals surface area contributed by atoms with Crippen molar-refractivity contribution in [3.05, 3.63) is 57.5 Å². The number of benzene rings is 2. The third-order valence-corrected chi connectivity index (χ3v) is 6.96. The third kappa shape index (κ3) is 7.61. The number of sulfonamides is 1. The Morgan fingerprint density at radius 1 is 1.18 bits per heavy atom. The molecule has 0 aliphatic heterocycles. The lowest BCUT2D eigenvalue weighted by atomic mass is 10.1. The van der Waals surface area contributed by atoms with Crippen LogP contribution in [-0.2, 0) is 26.2 Å². The van der Waals surface area contributed by atoms with Crippen molar-refractivity contribution < 1.29 is 22.7 Å². The summed E-state index contributed by atoms with van der Waals surface area (Å²) in [5.41, 5.74) is 0.926. The Morgan fingerprint density at radius 2 is 1.82 bits per heavy atom. The minimum Gasteiger partial charge on any atom is -0.495 e. The number of carbonyl (C=O) groups is 2. The second kappa shape index (κ2) is 12.4. The molecule has 0 heterocycles. The highest BCUT2D eigenvalue weighted by molar-refractivity contribution is 9.10. The van der Waals surface area contributed by atoms with Crippen molar-refractivity contribution in [3.63, 3.8) is 0 Å². The predicted molar refractivity (Wildman–Crippen MR) is 138 cm³/mol. The van der Waals surface area contributed by atoms with E-state index in [1.54, 1.807) is 13.0 Å². The van der Waals surface area contributed by atoms with Crippen molar-refractivity contribution in [3.8, 4) is 5.75 Å². The molecule has 186 valence electrons. The predicted octanol–water partition coefficient (Wildman–Crippen LogP) is 3.82. The molecular weight excluding hydrogens is 546 g/mol. The quantitative estimate of drug-likeness (QED) is 0.440. The van der Waals surface area contributed by atoms with Crippen LogP contribution in [0.4, 0.5) is 5.69 Å². The smallest absolute Gasteiger partial charge is 0.244 e. The van der Waals surface area contributed by atoms with Gasteiger partial charge in [-0.15, -0.1) is 0 Å². The topological polar surface area (TPSA) is 96.0 Å². The molecule has 0 radical (unpaired) electrons. The maximum absolute atomic E-state index is 13.5. The Morgan fingerprint density at radius 3 is 2.38 bits per heavy atom. The number of rotatable bonds is 11. The summed E-state index contributed by atoms with van der Waals surface area (Å²) < 4.78 is 32.5. The van der Waals surface area contributed by atoms with Gasteiger partial charge in [0.1, 0.15) is 18.3 Å². The minimum absolute atomic E-state index is 0.122. The van der Waals surface area contributed by atoms with Crippen LogP contribution < -0.4 is 14.4 Å². The number of ether oxygens (including phenoxy) is 1. The first kappa shape index (κ1) is 27.9. The van der Waals surface area contributed by atoms with Gasteiger partial charge in [0.25, 0.3) is 0 Å². The molecule has 0 aromatic heterocycles. The van der Waals surface area contributed by atoms with E-state index in [2.05, 4.69) is 21.2 Å². The SMILES string of the molecule is CCCNC(=O)[C@@H](C)N(Cc1ccc(Br)cc1)C(=O)CN(c1cc(Cl)ccc1OC)S(C)(=O)=O. The van der Waals surface area contributed by atoms with E-state index in [0.29, 0.717) is 6.54 Å². The van der Waals surface area contributed by atoms with E-state index in [0.717, 1.165) is 27.0 Å². The Kier molecular flexibility index (Phi) is 10.2. The molecule has 0 spiro atoms. The van der Waals surface area contributed by atoms with E-state index in [-0.39, 0.29) is 28.9 Å². The third-order valence-electron chi connectivity index (χ3n) is 5.07. The molecule has 8 nitrogen and oxygen atoms in total. The molecule has 0 unspecified atom stereocenters. The van der Waals surface area contributed by atoms with E-state index in [9.17, 15) is 18.0 Å². The Hall–Kier alpha value is -2.30. The van der Waals surface area contributed by atoms with Crippen LogP contribution in [0.3, 0.4) is 0 Å². The highest BCUT2D eigenvalue weighted by Gasteiger charge is 2.31. The van der Waals surface area contributed by atoms with E-state index in [4.69, 9.17) is 16.3 Å². The van der Waals surface area contributed by atoms with E-state index in [1.165, 1.54) is 24.1 Å². The van der Waals surface area contributed by atoms with Crippen molar-refractivity contribution in [2.45, 2.75) is 32.9 Å². The highest BCUT2D eigenvalue weighted by Crippen LogP contribution is 2.33. The Balaban J connectivity index is 2.43. The van der Waals surface area contributed by atoms with Crippen LogP contribution in [0.15, 0.2) is 46.9 Å². The summed E-state index contributed by atoms with van der Waals surface area (Å²) in [5, 5.41) is 3.08. The number of hydrogen-bond donors (Lipinski definition) is 1. The van der Waals surface area contributed by atoms with Gasteiger partial charge in [0.05, 0.1) is 19.1 Å². The van der Waals surface area contributed by atoms with Gasteiger partial charge in [-0.3, -0.25) is 13.9 Å². The number of hydrogen-bond acceptors (Lipinski definition) is 5. The van der Waals surface area contributed by atoms with Crippen molar-refractivity contribution in [2.24, 2.45) is 0 Å². The largest absolute Gasteiger partial charge is 0.495 e. The second-order valence-corrected chi connectivity index (χ2v) is 11.0. The van der Waals surface area contributed by atoms with Crippen LogP contribution in [0.5, 0.6) is 5.75 Å². The molecule has 0 fully saturated rings. The summed E-state index contributed by atoms with van der Waals surface area (Å²) in [6, 6.07) is 11.0. The fraction of sp³-hybridized carbons (Fsp3) is 0.391. The molecule has 34 heavy (non-hydrogen) atoms. The van der Waals surface area contributed by atoms with Crippen LogP contribution in [0.2, 0.25) is 5.02 Å². The van der Waals surface area contributed by atoms with Gasteiger partial charge in [0.15, 0.2) is 0 Å². The molecule has 0 aliphatic rings. The van der Waals surface area contributed by atoms with Gasteiger partial charge in [-0.1, -0.05) is 46.6 Å². The van der Waals surface area contributed by atoms with E-state index in [1.807, 2.05) is 31.2 Å². The molecular formula is C23H29BrClN3O5S. The highest BCUT2D eigenvalue weighted by atomic mass is 79.9. The van der Waals surface area contributed by atoms with Crippen molar-refractivity contribution >= 4 is 55.1 Å². The van der Waals surface area contributed by atoms with Gasteiger partial charge in [0, 0.05) is 22.6 Å². The first-order valence-electron chi connectivity index (χ1n) is 10.6. The molecule has 1 N–H and O–H groups in total. The molecule has 11 heteroatoms. The monoisotopic (exact) mass is 573 g/mol. The van der Waals surface area contributed by atoms with Gasteiger partial charge in [-0.2, -0.15) is 0 Å². The number of methoxy groups -OCH3 is 1. The molecule has 0 saturated carbocycles. The van der Waals surface area contributed by atoms with Gasteiger partial charge in [0.2, 0.25) is 21.8 Å². The minimum atomic E-state index is -3.89. The van der Waals surface area contributed by atoms with Gasteiger partial charge < -0.3 is 15.0 Å². The van der Waals surface area contributed by atoms with Gasteiger partial charge in [-0.25, -0.2) is 8.42 Å². The van der Waals surface area contributed by atoms with Gasteiger partial charge >= 0.3 is 0 Å². The summed E-state index contributed by atoms with van der Waals surface area (Å²) in [5.74, 6) is -0.621. The van der Waals surface area contributed by atoms with E-state index >= 15 is 0 Å². The van der Waals surface area contributed by atoms with E-state index < -0.39 is 28.5 Å². The van der Waals surface area contributed by atoms with Crippen molar-refractivity contribution in [1.82, 2.24) is 10.2 Å². The average molecular weight is 575 g/mol. The first-order chi connectivity index (χ1) is 16.0. The molecule has 0 aliphatic carbocycles. The van der Waals surface area contributed by atoms with Crippen LogP contribution in [0.25, 0.3) is 0 Å². The fourth-order valence-electron chi connectivity index (χ4n) is 3.22. The lowest BCUT2D eigenvalue weighted by molar-refractivity contribution is -0.139. The Labute approximate surface area is 214 Å². The molecule has 0 saturated heterocycles. The number of halogens is 2. The zero-order chi connectivity index (χ0) is 25.5. The molecule has 2 aromatic carbocycles. The molecule has 0 bridgehead atoms. The standard InChI is InChI=1S/C23H29BrClN3O5S/c1-5-12-26-23(30)16(2)27(14-17-6-8-18(24)9-7-17)22(29)15-28(34(4,31)32)20-13-19(25)10-11-21(20)33-3/h6-11,13,16H,5,12,14-15H2,1-4H3,(H,26,30)/t16-/m1/s1. The summed E-state index contributed by atoms with van der Waals surface area (Å²) >= 11 is 9.48. The van der Waals surface area contributed by atoms with Crippen LogP contribution in [-0.4, -0.2) is 57.6 Å². The lowest BCUT2D eigenvalue weighted by Gasteiger charge is -2.32. The van der Waals surface area contributed by atoms with Crippen molar-refractivity contribution in [1.29, 1.82) is 0 Å². The van der Waals surface area contributed by atoms with Crippen LogP contribution >= 0.6 is 27.5 Å². The first-order valence-corrected chi connectivity index (χ1v) is 13.6. The summed E-state index contributed by atoms with van der Waals surface area (Å²) in [6.07, 6.45) is 1.74. The average Bonchev–Trinajstić information content (AvgIpc) is 2.79. The second-order valence-electron chi connectivity index (χ2n) is 7.70. The van der Waals surface area contributed by atoms with Crippen LogP contribution in [0, 0.1) is 0 Å². The van der Waals surface area contributed by atoms with Gasteiger partial charge in [-0.05, 0) is 49.2 Å². The zero-order valence-electron chi connectivity index (χ0n) is 19.5. The lowest BCUT2D eigenvalue weighted by Crippen LogP contribution is -2.51. The van der Waals surface area contributed by atoms with Crippen molar-refractivity contribution in [2.75, 3.05) is 30.8 Å². The maximum Gasteiger partial charge on any atom is 0.244 e.